The predicted octanol–water partition coefficient (Wildman–Crippen LogP) is 3.95. The molecule has 4 amide bonds. The van der Waals surface area contributed by atoms with E-state index in [1.165, 1.54) is 21.9 Å². The lowest BCUT2D eigenvalue weighted by Crippen LogP contribution is -2.62. The van der Waals surface area contributed by atoms with Gasteiger partial charge in [0.2, 0.25) is 0 Å². The SMILES string of the molecule is COC(=O)[C@H]1C[C@@H](N(CC2CN(C(=O)O)CCN2C(=O)OC(C)(C)C)C(=O)Oc2ccc([N+](=O)[O-])cc2)CN1C(=O)OCc1ccccc1. The van der Waals surface area contributed by atoms with E-state index in [2.05, 4.69) is 0 Å². The minimum atomic E-state index is -1.23. The van der Waals surface area contributed by atoms with Crippen molar-refractivity contribution in [3.8, 4) is 5.75 Å². The molecule has 0 aliphatic carbocycles. The van der Waals surface area contributed by atoms with Crippen molar-refractivity contribution in [3.63, 3.8) is 0 Å². The summed E-state index contributed by atoms with van der Waals surface area (Å²) in [7, 11) is 1.16. The Kier molecular flexibility index (Phi) is 11.5. The van der Waals surface area contributed by atoms with Crippen LogP contribution in [0.25, 0.3) is 0 Å². The van der Waals surface area contributed by atoms with Crippen molar-refractivity contribution >= 4 is 36.0 Å². The zero-order valence-corrected chi connectivity index (χ0v) is 27.6. The van der Waals surface area contributed by atoms with E-state index in [1.54, 1.807) is 51.1 Å². The smallest absolute Gasteiger partial charge is 0.415 e. The van der Waals surface area contributed by atoms with E-state index in [0.717, 1.165) is 29.0 Å². The van der Waals surface area contributed by atoms with Crippen LogP contribution in [0.1, 0.15) is 32.8 Å². The lowest BCUT2D eigenvalue weighted by Gasteiger charge is -2.43. The Morgan fingerprint density at radius 1 is 0.959 bits per heavy atom. The second kappa shape index (κ2) is 15.5. The fourth-order valence-electron chi connectivity index (χ4n) is 5.54. The van der Waals surface area contributed by atoms with E-state index in [0.29, 0.717) is 5.56 Å². The summed E-state index contributed by atoms with van der Waals surface area (Å²) in [5, 5.41) is 20.9. The molecule has 17 nitrogen and oxygen atoms in total. The molecule has 2 aliphatic rings. The zero-order valence-electron chi connectivity index (χ0n) is 27.6. The second-order valence-electron chi connectivity index (χ2n) is 12.4. The number of amides is 4. The first kappa shape index (κ1) is 36.2. The van der Waals surface area contributed by atoms with Gasteiger partial charge in [0.15, 0.2) is 0 Å². The van der Waals surface area contributed by atoms with Crippen molar-refractivity contribution in [2.45, 2.75) is 57.5 Å². The van der Waals surface area contributed by atoms with E-state index in [4.69, 9.17) is 18.9 Å². The maximum absolute atomic E-state index is 13.9. The number of non-ortho nitro benzene ring substituents is 1. The maximum Gasteiger partial charge on any atom is 0.415 e. The highest BCUT2D eigenvalue weighted by Gasteiger charge is 2.47. The highest BCUT2D eigenvalue weighted by Crippen LogP contribution is 2.28. The number of nitrogens with zero attached hydrogens (tertiary/aromatic N) is 5. The van der Waals surface area contributed by atoms with E-state index < -0.39 is 59.0 Å². The van der Waals surface area contributed by atoms with Gasteiger partial charge < -0.3 is 33.9 Å². The molecular weight excluding hydrogens is 646 g/mol. The number of hydrogen-bond acceptors (Lipinski definition) is 11. The lowest BCUT2D eigenvalue weighted by molar-refractivity contribution is -0.384. The van der Waals surface area contributed by atoms with Gasteiger partial charge in [-0.15, -0.1) is 0 Å². The number of esters is 1. The van der Waals surface area contributed by atoms with Crippen LogP contribution < -0.4 is 4.74 Å². The Morgan fingerprint density at radius 2 is 1.63 bits per heavy atom. The van der Waals surface area contributed by atoms with Crippen molar-refractivity contribution in [3.05, 3.63) is 70.3 Å². The van der Waals surface area contributed by atoms with Crippen molar-refractivity contribution in [1.82, 2.24) is 19.6 Å². The van der Waals surface area contributed by atoms with Crippen LogP contribution in [-0.4, -0.2) is 124 Å². The molecular formula is C32H39N5O12. The number of ether oxygens (including phenoxy) is 4. The number of benzene rings is 2. The average molecular weight is 686 g/mol. The van der Waals surface area contributed by atoms with Gasteiger partial charge in [-0.05, 0) is 38.5 Å². The van der Waals surface area contributed by atoms with Gasteiger partial charge in [0.1, 0.15) is 24.0 Å². The standard InChI is InChI=1S/C32H39N5O12/c1-32(2,3)49-31(43)34-15-14-33(28(39)40)17-24(34)19-35(30(42)48-25-12-10-22(11-13-25)37(44)45)23-16-26(27(38)46-4)36(18-23)29(41)47-20-21-8-6-5-7-9-21/h5-13,23-24,26H,14-20H2,1-4H3,(H,39,40)/t23-,24?,26-/m1/s1. The van der Waals surface area contributed by atoms with Gasteiger partial charge in [-0.25, -0.2) is 24.0 Å². The van der Waals surface area contributed by atoms with Crippen molar-refractivity contribution < 1.29 is 52.9 Å². The molecule has 2 aliphatic heterocycles. The number of nitro groups is 1. The first-order valence-corrected chi connectivity index (χ1v) is 15.4. The highest BCUT2D eigenvalue weighted by molar-refractivity contribution is 5.83. The highest BCUT2D eigenvalue weighted by atomic mass is 16.6. The Morgan fingerprint density at radius 3 is 2.22 bits per heavy atom. The molecule has 2 heterocycles. The number of piperazine rings is 1. The normalized spacial score (nSPS) is 19.1. The molecule has 2 saturated heterocycles. The summed E-state index contributed by atoms with van der Waals surface area (Å²) in [4.78, 5) is 80.6. The molecule has 0 aromatic heterocycles. The quantitative estimate of drug-likeness (QED) is 0.182. The average Bonchev–Trinajstić information content (AvgIpc) is 3.50. The van der Waals surface area contributed by atoms with Crippen molar-refractivity contribution in [2.24, 2.45) is 0 Å². The van der Waals surface area contributed by atoms with E-state index in [-0.39, 0.29) is 57.2 Å². The molecule has 2 aromatic carbocycles. The van der Waals surface area contributed by atoms with E-state index in [9.17, 15) is 39.2 Å². The number of carbonyl (C=O) groups is 5. The third kappa shape index (κ3) is 9.48. The summed E-state index contributed by atoms with van der Waals surface area (Å²) in [6.45, 7) is 4.22. The molecule has 4 rings (SSSR count). The summed E-state index contributed by atoms with van der Waals surface area (Å²) in [6, 6.07) is 10.6. The van der Waals surface area contributed by atoms with Gasteiger partial charge in [0.05, 0.1) is 24.1 Å². The van der Waals surface area contributed by atoms with E-state index >= 15 is 0 Å². The molecule has 0 saturated carbocycles. The van der Waals surface area contributed by atoms with Crippen LogP contribution in [0.3, 0.4) is 0 Å². The molecule has 0 radical (unpaired) electrons. The Bertz CT molecular complexity index is 1530. The second-order valence-corrected chi connectivity index (χ2v) is 12.4. The fraction of sp³-hybridized carbons (Fsp3) is 0.469. The van der Waals surface area contributed by atoms with Crippen LogP contribution in [0.5, 0.6) is 5.75 Å². The van der Waals surface area contributed by atoms with Crippen LogP contribution in [0, 0.1) is 10.1 Å². The van der Waals surface area contributed by atoms with E-state index in [1.807, 2.05) is 0 Å². The number of likely N-dealkylation sites (tertiary alicyclic amines) is 1. The van der Waals surface area contributed by atoms with Gasteiger partial charge in [-0.1, -0.05) is 30.3 Å². The van der Waals surface area contributed by atoms with Crippen molar-refractivity contribution in [1.29, 1.82) is 0 Å². The molecule has 0 bridgehead atoms. The van der Waals surface area contributed by atoms with Crippen LogP contribution in [-0.2, 0) is 25.6 Å². The number of nitro benzene ring substituents is 1. The minimum absolute atomic E-state index is 0.00675. The molecule has 49 heavy (non-hydrogen) atoms. The molecule has 264 valence electrons. The first-order valence-electron chi connectivity index (χ1n) is 15.4. The Labute approximate surface area is 282 Å². The van der Waals surface area contributed by atoms with Crippen LogP contribution in [0.2, 0.25) is 0 Å². The molecule has 2 aromatic rings. The number of hydrogen-bond donors (Lipinski definition) is 1. The minimum Gasteiger partial charge on any atom is -0.467 e. The molecule has 17 heteroatoms. The molecule has 3 atom stereocenters. The molecule has 1 N–H and O–H groups in total. The van der Waals surface area contributed by atoms with Gasteiger partial charge in [0.25, 0.3) is 5.69 Å². The predicted molar refractivity (Wildman–Crippen MR) is 170 cm³/mol. The first-order chi connectivity index (χ1) is 23.2. The van der Waals surface area contributed by atoms with Gasteiger partial charge >= 0.3 is 30.3 Å². The monoisotopic (exact) mass is 685 g/mol. The Balaban J connectivity index is 1.65. The summed E-state index contributed by atoms with van der Waals surface area (Å²) >= 11 is 0. The van der Waals surface area contributed by atoms with Gasteiger partial charge in [-0.2, -0.15) is 0 Å². The zero-order chi connectivity index (χ0) is 35.9. The van der Waals surface area contributed by atoms with Gasteiger partial charge in [0, 0.05) is 51.3 Å². The Hall–Kier alpha value is -5.61. The molecule has 2 fully saturated rings. The van der Waals surface area contributed by atoms with Crippen LogP contribution in [0.4, 0.5) is 24.9 Å². The van der Waals surface area contributed by atoms with Crippen LogP contribution in [0.15, 0.2) is 54.6 Å². The van der Waals surface area contributed by atoms with Crippen LogP contribution >= 0.6 is 0 Å². The number of carbonyl (C=O) groups excluding carboxylic acids is 4. The number of carboxylic acid groups (broad SMARTS) is 1. The van der Waals surface area contributed by atoms with Crippen molar-refractivity contribution in [2.75, 3.05) is 39.8 Å². The number of rotatable bonds is 8. The summed E-state index contributed by atoms with van der Waals surface area (Å²) in [5.41, 5.74) is -0.404. The third-order valence-corrected chi connectivity index (χ3v) is 7.91. The van der Waals surface area contributed by atoms with Gasteiger partial charge in [-0.3, -0.25) is 19.9 Å². The largest absolute Gasteiger partial charge is 0.467 e. The number of methoxy groups -OCH3 is 1. The fourth-order valence-corrected chi connectivity index (χ4v) is 5.54. The summed E-state index contributed by atoms with van der Waals surface area (Å²) in [6.07, 6.45) is -3.87. The molecule has 1 unspecified atom stereocenters. The third-order valence-electron chi connectivity index (χ3n) is 7.91. The summed E-state index contributed by atoms with van der Waals surface area (Å²) in [5.74, 6) is -0.796. The topological polar surface area (TPSA) is 199 Å². The lowest BCUT2D eigenvalue weighted by atomic mass is 10.1. The summed E-state index contributed by atoms with van der Waals surface area (Å²) < 4.78 is 21.6. The maximum atomic E-state index is 13.9. The molecule has 0 spiro atoms.